The van der Waals surface area contributed by atoms with Gasteiger partial charge in [-0.3, -0.25) is 4.40 Å². The second-order valence-corrected chi connectivity index (χ2v) is 5.55. The first-order chi connectivity index (χ1) is 9.19. The van der Waals surface area contributed by atoms with Crippen LogP contribution in [0.3, 0.4) is 0 Å². The van der Waals surface area contributed by atoms with E-state index in [-0.39, 0.29) is 0 Å². The Kier molecular flexibility index (Phi) is 3.19. The van der Waals surface area contributed by atoms with Crippen LogP contribution in [0.4, 0.5) is 0 Å². The van der Waals surface area contributed by atoms with E-state index < -0.39 is 0 Å². The molecule has 0 N–H and O–H groups in total. The molecule has 0 aromatic carbocycles. The molecule has 0 radical (unpaired) electrons. The van der Waals surface area contributed by atoms with Gasteiger partial charge in [0.25, 0.3) is 0 Å². The molecule has 1 unspecified atom stereocenters. The van der Waals surface area contributed by atoms with E-state index in [2.05, 4.69) is 34.2 Å². The highest BCUT2D eigenvalue weighted by molar-refractivity contribution is 5.48. The summed E-state index contributed by atoms with van der Waals surface area (Å²) < 4.78 is 7.48. The van der Waals surface area contributed by atoms with Crippen LogP contribution in [0.1, 0.15) is 32.0 Å². The van der Waals surface area contributed by atoms with Crippen LogP contribution in [-0.2, 0) is 0 Å². The maximum absolute atomic E-state index is 5.31. The third-order valence-electron chi connectivity index (χ3n) is 4.08. The number of rotatable bonds is 3. The normalized spacial score (nSPS) is 20.5. The van der Waals surface area contributed by atoms with Gasteiger partial charge >= 0.3 is 0 Å². The monoisotopic (exact) mass is 259 g/mol. The molecule has 0 bridgehead atoms. The summed E-state index contributed by atoms with van der Waals surface area (Å²) in [6.07, 6.45) is 5.18. The fourth-order valence-electron chi connectivity index (χ4n) is 2.88. The Morgan fingerprint density at radius 2 is 2.21 bits per heavy atom. The number of pyridine rings is 1. The van der Waals surface area contributed by atoms with Gasteiger partial charge in [-0.05, 0) is 38.9 Å². The van der Waals surface area contributed by atoms with E-state index in [1.165, 1.54) is 13.0 Å². The molecule has 3 rings (SSSR count). The topological polar surface area (TPSA) is 29.8 Å². The highest BCUT2D eigenvalue weighted by atomic mass is 16.5. The second kappa shape index (κ2) is 4.85. The van der Waals surface area contributed by atoms with Crippen molar-refractivity contribution in [3.63, 3.8) is 0 Å². The Labute approximate surface area is 114 Å². The van der Waals surface area contributed by atoms with E-state index in [1.54, 1.807) is 7.11 Å². The summed E-state index contributed by atoms with van der Waals surface area (Å²) in [5, 5.41) is 0. The number of imidazole rings is 1. The largest absolute Gasteiger partial charge is 0.495 e. The predicted molar refractivity (Wildman–Crippen MR) is 75.8 cm³/mol. The van der Waals surface area contributed by atoms with Crippen molar-refractivity contribution in [3.05, 3.63) is 30.4 Å². The Morgan fingerprint density at radius 3 is 2.89 bits per heavy atom. The zero-order chi connectivity index (χ0) is 13.4. The SMILES string of the molecule is COc1ccc2cnc(C3CCN(C(C)C)C3)n2c1. The summed E-state index contributed by atoms with van der Waals surface area (Å²) >= 11 is 0. The fraction of sp³-hybridized carbons (Fsp3) is 0.533. The Balaban J connectivity index is 1.93. The van der Waals surface area contributed by atoms with Crippen molar-refractivity contribution in [1.82, 2.24) is 14.3 Å². The van der Waals surface area contributed by atoms with Crippen LogP contribution in [0.2, 0.25) is 0 Å². The van der Waals surface area contributed by atoms with Crippen LogP contribution in [0.15, 0.2) is 24.5 Å². The van der Waals surface area contributed by atoms with E-state index in [0.29, 0.717) is 12.0 Å². The third kappa shape index (κ3) is 2.21. The summed E-state index contributed by atoms with van der Waals surface area (Å²) in [6, 6.07) is 4.66. The zero-order valence-corrected chi connectivity index (χ0v) is 11.8. The quantitative estimate of drug-likeness (QED) is 0.848. The summed E-state index contributed by atoms with van der Waals surface area (Å²) in [4.78, 5) is 7.15. The number of hydrogen-bond acceptors (Lipinski definition) is 3. The van der Waals surface area contributed by atoms with Gasteiger partial charge in [0.1, 0.15) is 11.6 Å². The molecule has 0 amide bonds. The van der Waals surface area contributed by atoms with Gasteiger partial charge in [-0.1, -0.05) is 0 Å². The van der Waals surface area contributed by atoms with E-state index in [9.17, 15) is 0 Å². The molecule has 4 heteroatoms. The molecule has 0 saturated carbocycles. The van der Waals surface area contributed by atoms with Crippen LogP contribution in [0.5, 0.6) is 5.75 Å². The predicted octanol–water partition coefficient (Wildman–Crippen LogP) is 2.54. The summed E-state index contributed by atoms with van der Waals surface area (Å²) in [7, 11) is 1.70. The van der Waals surface area contributed by atoms with Gasteiger partial charge in [-0.15, -0.1) is 0 Å². The number of methoxy groups -OCH3 is 1. The Bertz CT molecular complexity index is 576. The first-order valence-corrected chi connectivity index (χ1v) is 6.94. The van der Waals surface area contributed by atoms with E-state index >= 15 is 0 Å². The maximum atomic E-state index is 5.31. The minimum absolute atomic E-state index is 0.525. The zero-order valence-electron chi connectivity index (χ0n) is 11.8. The molecule has 0 aliphatic carbocycles. The number of aromatic nitrogens is 2. The summed E-state index contributed by atoms with van der Waals surface area (Å²) in [6.45, 7) is 6.79. The van der Waals surface area contributed by atoms with Crippen LogP contribution in [0.25, 0.3) is 5.52 Å². The van der Waals surface area contributed by atoms with Crippen LogP contribution in [-0.4, -0.2) is 40.5 Å². The lowest BCUT2D eigenvalue weighted by Gasteiger charge is -2.19. The Hall–Kier alpha value is -1.55. The van der Waals surface area contributed by atoms with E-state index in [1.807, 2.05) is 18.5 Å². The molecule has 102 valence electrons. The molecule has 1 aliphatic heterocycles. The van der Waals surface area contributed by atoms with Crippen LogP contribution in [0, 0.1) is 0 Å². The fourth-order valence-corrected chi connectivity index (χ4v) is 2.88. The summed E-state index contributed by atoms with van der Waals surface area (Å²) in [5.41, 5.74) is 1.14. The van der Waals surface area contributed by atoms with Crippen molar-refractivity contribution < 1.29 is 4.74 Å². The average Bonchev–Trinajstić information content (AvgIpc) is 3.03. The number of nitrogens with zero attached hydrogens (tertiary/aromatic N) is 3. The van der Waals surface area contributed by atoms with Crippen molar-refractivity contribution in [3.8, 4) is 5.75 Å². The first kappa shape index (κ1) is 12.5. The van der Waals surface area contributed by atoms with Crippen molar-refractivity contribution in [2.75, 3.05) is 20.2 Å². The molecular formula is C15H21N3O. The van der Waals surface area contributed by atoms with Gasteiger partial charge in [0.2, 0.25) is 0 Å². The average molecular weight is 259 g/mol. The van der Waals surface area contributed by atoms with Gasteiger partial charge in [-0.2, -0.15) is 0 Å². The van der Waals surface area contributed by atoms with Crippen molar-refractivity contribution >= 4 is 5.52 Å². The molecule has 0 spiro atoms. The molecule has 1 aliphatic rings. The van der Waals surface area contributed by atoms with Crippen molar-refractivity contribution in [2.24, 2.45) is 0 Å². The molecule has 2 aromatic rings. The van der Waals surface area contributed by atoms with Gasteiger partial charge < -0.3 is 9.64 Å². The van der Waals surface area contributed by atoms with Crippen LogP contribution >= 0.6 is 0 Å². The molecular weight excluding hydrogens is 238 g/mol. The lowest BCUT2D eigenvalue weighted by molar-refractivity contribution is 0.272. The van der Waals surface area contributed by atoms with E-state index in [0.717, 1.165) is 23.6 Å². The molecule has 19 heavy (non-hydrogen) atoms. The molecule has 3 heterocycles. The van der Waals surface area contributed by atoms with Gasteiger partial charge in [0, 0.05) is 18.5 Å². The van der Waals surface area contributed by atoms with Crippen LogP contribution < -0.4 is 4.74 Å². The number of ether oxygens (including phenoxy) is 1. The molecule has 1 atom stereocenters. The smallest absolute Gasteiger partial charge is 0.135 e. The molecule has 1 fully saturated rings. The van der Waals surface area contributed by atoms with E-state index in [4.69, 9.17) is 4.74 Å². The van der Waals surface area contributed by atoms with Crippen molar-refractivity contribution in [2.45, 2.75) is 32.2 Å². The standard InChI is InChI=1S/C15H21N3O/c1-11(2)17-7-6-12(9-17)15-16-8-13-4-5-14(19-3)10-18(13)15/h4-5,8,10-12H,6-7,9H2,1-3H3. The summed E-state index contributed by atoms with van der Waals surface area (Å²) in [5.74, 6) is 2.57. The van der Waals surface area contributed by atoms with Crippen molar-refractivity contribution in [1.29, 1.82) is 0 Å². The number of hydrogen-bond donors (Lipinski definition) is 0. The third-order valence-corrected chi connectivity index (χ3v) is 4.08. The minimum Gasteiger partial charge on any atom is -0.495 e. The lowest BCUT2D eigenvalue weighted by atomic mass is 10.1. The Morgan fingerprint density at radius 1 is 1.37 bits per heavy atom. The second-order valence-electron chi connectivity index (χ2n) is 5.55. The van der Waals surface area contributed by atoms with Gasteiger partial charge in [-0.25, -0.2) is 4.98 Å². The molecule has 4 nitrogen and oxygen atoms in total. The molecule has 2 aromatic heterocycles. The first-order valence-electron chi connectivity index (χ1n) is 6.94. The highest BCUT2D eigenvalue weighted by Crippen LogP contribution is 2.28. The number of fused-ring (bicyclic) bond motifs is 1. The highest BCUT2D eigenvalue weighted by Gasteiger charge is 2.28. The number of likely N-dealkylation sites (tertiary alicyclic amines) is 1. The van der Waals surface area contributed by atoms with Gasteiger partial charge in [0.05, 0.1) is 25.0 Å². The molecule has 1 saturated heterocycles. The van der Waals surface area contributed by atoms with Gasteiger partial charge in [0.15, 0.2) is 0 Å². The lowest BCUT2D eigenvalue weighted by Crippen LogP contribution is -2.28. The maximum Gasteiger partial charge on any atom is 0.135 e. The minimum atomic E-state index is 0.525.